The maximum atomic E-state index is 9.35. The van der Waals surface area contributed by atoms with Gasteiger partial charge >= 0.3 is 0 Å². The molecule has 66 valence electrons. The quantitative estimate of drug-likeness (QED) is 0.651. The number of hydrogen-bond acceptors (Lipinski definition) is 1. The van der Waals surface area contributed by atoms with Crippen molar-refractivity contribution in [1.82, 2.24) is 0 Å². The molecule has 1 saturated carbocycles. The fraction of sp³-hybridized carbons (Fsp3) is 1.00. The van der Waals surface area contributed by atoms with Crippen molar-refractivity contribution in [3.63, 3.8) is 0 Å². The minimum Gasteiger partial charge on any atom is -0.393 e. The van der Waals surface area contributed by atoms with Crippen LogP contribution in [-0.2, 0) is 0 Å². The van der Waals surface area contributed by atoms with E-state index in [2.05, 4.69) is 13.8 Å². The summed E-state index contributed by atoms with van der Waals surface area (Å²) in [6.07, 6.45) is 3.72. The monoisotopic (exact) mass is 156 g/mol. The summed E-state index contributed by atoms with van der Waals surface area (Å²) in [5.74, 6) is 2.26. The predicted molar refractivity (Wildman–Crippen MR) is 47.3 cm³/mol. The molecule has 1 heteroatoms. The summed E-state index contributed by atoms with van der Waals surface area (Å²) >= 11 is 0. The third-order valence-corrected chi connectivity index (χ3v) is 3.14. The lowest BCUT2D eigenvalue weighted by Gasteiger charge is -2.16. The van der Waals surface area contributed by atoms with Gasteiger partial charge in [-0.3, -0.25) is 0 Å². The van der Waals surface area contributed by atoms with Crippen LogP contribution in [0.1, 0.15) is 40.0 Å². The zero-order valence-corrected chi connectivity index (χ0v) is 7.88. The lowest BCUT2D eigenvalue weighted by molar-refractivity contribution is 0.125. The minimum atomic E-state index is -0.0845. The highest BCUT2D eigenvalue weighted by Crippen LogP contribution is 2.37. The Kier molecular flexibility index (Phi) is 2.94. The Morgan fingerprint density at radius 3 is 1.91 bits per heavy atom. The SMILES string of the molecule is CC(C)C1CCC(C(C)O)C1. The largest absolute Gasteiger partial charge is 0.393 e. The van der Waals surface area contributed by atoms with Crippen LogP contribution in [0.3, 0.4) is 0 Å². The fourth-order valence-corrected chi connectivity index (χ4v) is 2.10. The Bertz CT molecular complexity index is 104. The van der Waals surface area contributed by atoms with Crippen molar-refractivity contribution in [3.05, 3.63) is 0 Å². The Hall–Kier alpha value is -0.0400. The van der Waals surface area contributed by atoms with Gasteiger partial charge in [0.2, 0.25) is 0 Å². The van der Waals surface area contributed by atoms with Crippen molar-refractivity contribution in [3.8, 4) is 0 Å². The second-order valence-electron chi connectivity index (χ2n) is 4.32. The summed E-state index contributed by atoms with van der Waals surface area (Å²) in [6.45, 7) is 6.50. The van der Waals surface area contributed by atoms with Crippen molar-refractivity contribution in [2.24, 2.45) is 17.8 Å². The zero-order valence-electron chi connectivity index (χ0n) is 7.88. The maximum absolute atomic E-state index is 9.35. The second kappa shape index (κ2) is 3.57. The number of rotatable bonds is 2. The Morgan fingerprint density at radius 2 is 1.64 bits per heavy atom. The topological polar surface area (TPSA) is 20.2 Å². The van der Waals surface area contributed by atoms with Crippen LogP contribution in [0.5, 0.6) is 0 Å². The lowest BCUT2D eigenvalue weighted by Crippen LogP contribution is -2.14. The van der Waals surface area contributed by atoms with Crippen LogP contribution in [0, 0.1) is 17.8 Å². The highest BCUT2D eigenvalue weighted by molar-refractivity contribution is 4.79. The fourth-order valence-electron chi connectivity index (χ4n) is 2.10. The highest BCUT2D eigenvalue weighted by atomic mass is 16.3. The van der Waals surface area contributed by atoms with Gasteiger partial charge in [0.05, 0.1) is 6.10 Å². The zero-order chi connectivity index (χ0) is 8.43. The van der Waals surface area contributed by atoms with Crippen LogP contribution < -0.4 is 0 Å². The summed E-state index contributed by atoms with van der Waals surface area (Å²) in [5, 5.41) is 9.35. The van der Waals surface area contributed by atoms with E-state index in [0.717, 1.165) is 11.8 Å². The van der Waals surface area contributed by atoms with Crippen LogP contribution in [0.15, 0.2) is 0 Å². The second-order valence-corrected chi connectivity index (χ2v) is 4.32. The van der Waals surface area contributed by atoms with E-state index in [4.69, 9.17) is 0 Å². The van der Waals surface area contributed by atoms with Crippen molar-refractivity contribution < 1.29 is 5.11 Å². The first-order chi connectivity index (χ1) is 5.11. The summed E-state index contributed by atoms with van der Waals surface area (Å²) < 4.78 is 0. The number of aliphatic hydroxyl groups is 1. The number of hydrogen-bond donors (Lipinski definition) is 1. The van der Waals surface area contributed by atoms with E-state index in [1.165, 1.54) is 19.3 Å². The summed E-state index contributed by atoms with van der Waals surface area (Å²) in [7, 11) is 0. The van der Waals surface area contributed by atoms with Gasteiger partial charge < -0.3 is 5.11 Å². The molecule has 0 amide bonds. The molecule has 0 radical (unpaired) electrons. The molecule has 1 fully saturated rings. The van der Waals surface area contributed by atoms with E-state index in [9.17, 15) is 5.11 Å². The van der Waals surface area contributed by atoms with Crippen molar-refractivity contribution in [1.29, 1.82) is 0 Å². The molecule has 0 heterocycles. The summed E-state index contributed by atoms with van der Waals surface area (Å²) in [5.41, 5.74) is 0. The molecule has 1 aliphatic carbocycles. The predicted octanol–water partition coefficient (Wildman–Crippen LogP) is 2.44. The Morgan fingerprint density at radius 1 is 1.09 bits per heavy atom. The van der Waals surface area contributed by atoms with Gasteiger partial charge in [0.1, 0.15) is 0 Å². The molecule has 0 aliphatic heterocycles. The van der Waals surface area contributed by atoms with E-state index < -0.39 is 0 Å². The van der Waals surface area contributed by atoms with Gasteiger partial charge in [-0.1, -0.05) is 13.8 Å². The molecule has 0 aromatic rings. The van der Waals surface area contributed by atoms with Gasteiger partial charge in [0, 0.05) is 0 Å². The lowest BCUT2D eigenvalue weighted by atomic mass is 9.92. The van der Waals surface area contributed by atoms with Crippen LogP contribution in [0.4, 0.5) is 0 Å². The molecule has 3 unspecified atom stereocenters. The van der Waals surface area contributed by atoms with E-state index >= 15 is 0 Å². The van der Waals surface area contributed by atoms with Crippen molar-refractivity contribution >= 4 is 0 Å². The maximum Gasteiger partial charge on any atom is 0.0540 e. The van der Waals surface area contributed by atoms with Crippen LogP contribution in [-0.4, -0.2) is 11.2 Å². The van der Waals surface area contributed by atoms with E-state index in [0.29, 0.717) is 5.92 Å². The van der Waals surface area contributed by atoms with Gasteiger partial charge in [-0.25, -0.2) is 0 Å². The van der Waals surface area contributed by atoms with Crippen LogP contribution >= 0.6 is 0 Å². The normalized spacial score (nSPS) is 34.6. The molecule has 0 spiro atoms. The first-order valence-electron chi connectivity index (χ1n) is 4.79. The average molecular weight is 156 g/mol. The van der Waals surface area contributed by atoms with E-state index in [1.54, 1.807) is 0 Å². The van der Waals surface area contributed by atoms with Gasteiger partial charge in [-0.2, -0.15) is 0 Å². The third kappa shape index (κ3) is 2.19. The molecule has 11 heavy (non-hydrogen) atoms. The van der Waals surface area contributed by atoms with Crippen LogP contribution in [0.2, 0.25) is 0 Å². The van der Waals surface area contributed by atoms with E-state index in [1.807, 2.05) is 6.92 Å². The minimum absolute atomic E-state index is 0.0845. The number of aliphatic hydroxyl groups excluding tert-OH is 1. The summed E-state index contributed by atoms with van der Waals surface area (Å²) in [4.78, 5) is 0. The molecule has 0 saturated heterocycles. The summed E-state index contributed by atoms with van der Waals surface area (Å²) in [6, 6.07) is 0. The Labute approximate surface area is 69.8 Å². The molecule has 1 aliphatic rings. The molecular formula is C10H20O. The molecule has 0 bridgehead atoms. The molecular weight excluding hydrogens is 136 g/mol. The molecule has 0 aromatic heterocycles. The van der Waals surface area contributed by atoms with Crippen molar-refractivity contribution in [2.75, 3.05) is 0 Å². The molecule has 1 N–H and O–H groups in total. The van der Waals surface area contributed by atoms with Gasteiger partial charge in [0.25, 0.3) is 0 Å². The Balaban J connectivity index is 2.35. The molecule has 1 nitrogen and oxygen atoms in total. The van der Waals surface area contributed by atoms with Gasteiger partial charge in [0.15, 0.2) is 0 Å². The van der Waals surface area contributed by atoms with Crippen LogP contribution in [0.25, 0.3) is 0 Å². The molecule has 1 rings (SSSR count). The van der Waals surface area contributed by atoms with Crippen molar-refractivity contribution in [2.45, 2.75) is 46.1 Å². The standard InChI is InChI=1S/C10H20O/c1-7(2)9-4-5-10(6-9)8(3)11/h7-11H,4-6H2,1-3H3. The first kappa shape index (κ1) is 9.05. The highest BCUT2D eigenvalue weighted by Gasteiger charge is 2.29. The smallest absolute Gasteiger partial charge is 0.0540 e. The first-order valence-corrected chi connectivity index (χ1v) is 4.79. The average Bonchev–Trinajstić information content (AvgIpc) is 2.33. The van der Waals surface area contributed by atoms with E-state index in [-0.39, 0.29) is 6.10 Å². The van der Waals surface area contributed by atoms with Gasteiger partial charge in [-0.05, 0) is 43.9 Å². The third-order valence-electron chi connectivity index (χ3n) is 3.14. The van der Waals surface area contributed by atoms with Gasteiger partial charge in [-0.15, -0.1) is 0 Å². The molecule has 0 aromatic carbocycles. The molecule has 3 atom stereocenters.